The molecule has 2 aromatic rings. The van der Waals surface area contributed by atoms with Gasteiger partial charge in [0.25, 0.3) is 0 Å². The summed E-state index contributed by atoms with van der Waals surface area (Å²) in [5.74, 6) is 0. The lowest BCUT2D eigenvalue weighted by Gasteiger charge is -2.14. The average molecular weight is 238 g/mol. The minimum absolute atomic E-state index is 0.208. The maximum atomic E-state index is 5.73. The van der Waals surface area contributed by atoms with Crippen LogP contribution in [0.25, 0.3) is 10.2 Å². The first-order valence-electron chi connectivity index (χ1n) is 4.79. The molecule has 4 heteroatoms. The number of benzene rings is 1. The summed E-state index contributed by atoms with van der Waals surface area (Å²) in [6.45, 7) is 6.58. The fourth-order valence-corrected chi connectivity index (χ4v) is 3.82. The van der Waals surface area contributed by atoms with Crippen LogP contribution in [-0.2, 0) is 0 Å². The molecule has 1 heterocycles. The molecule has 0 aliphatic rings. The number of hydrogen-bond donors (Lipinski definition) is 1. The molecule has 0 unspecified atom stereocenters. The molecule has 2 N–H and O–H groups in total. The van der Waals surface area contributed by atoms with Crippen LogP contribution in [0.4, 0.5) is 5.69 Å². The van der Waals surface area contributed by atoms with Crippen molar-refractivity contribution in [2.24, 2.45) is 0 Å². The van der Waals surface area contributed by atoms with Crippen LogP contribution in [0, 0.1) is 0 Å². The zero-order valence-electron chi connectivity index (χ0n) is 9.07. The van der Waals surface area contributed by atoms with E-state index in [1.54, 1.807) is 23.1 Å². The molecule has 2 rings (SSSR count). The molecule has 0 bridgehead atoms. The number of anilines is 1. The number of thioether (sulfide) groups is 1. The third-order valence-corrected chi connectivity index (χ3v) is 3.98. The number of rotatable bonds is 1. The van der Waals surface area contributed by atoms with Crippen LogP contribution in [-0.4, -0.2) is 9.73 Å². The number of nitrogens with zero attached hydrogens (tertiary/aromatic N) is 1. The second-order valence-electron chi connectivity index (χ2n) is 4.42. The lowest BCUT2D eigenvalue weighted by Crippen LogP contribution is -2.06. The first-order valence-corrected chi connectivity index (χ1v) is 6.42. The van der Waals surface area contributed by atoms with Crippen LogP contribution >= 0.6 is 23.1 Å². The van der Waals surface area contributed by atoms with Gasteiger partial charge >= 0.3 is 0 Å². The smallest absolute Gasteiger partial charge is 0.151 e. The Hall–Kier alpha value is -0.740. The summed E-state index contributed by atoms with van der Waals surface area (Å²) in [6, 6.07) is 5.86. The van der Waals surface area contributed by atoms with E-state index >= 15 is 0 Å². The molecule has 2 nitrogen and oxygen atoms in total. The molecule has 0 aliphatic heterocycles. The van der Waals surface area contributed by atoms with Crippen molar-refractivity contribution in [2.45, 2.75) is 29.9 Å². The summed E-state index contributed by atoms with van der Waals surface area (Å²) in [5, 5.41) is 0. The monoisotopic (exact) mass is 238 g/mol. The SMILES string of the molecule is CC(C)(C)Sc1nc2ccc(N)cc2s1. The highest BCUT2D eigenvalue weighted by Gasteiger charge is 2.15. The number of hydrogen-bond acceptors (Lipinski definition) is 4. The molecule has 0 radical (unpaired) electrons. The Balaban J connectivity index is 2.39. The summed E-state index contributed by atoms with van der Waals surface area (Å²) < 4.78 is 2.49. The zero-order valence-corrected chi connectivity index (χ0v) is 10.7. The van der Waals surface area contributed by atoms with Gasteiger partial charge in [0.05, 0.1) is 10.2 Å². The molecule has 0 spiro atoms. The molecule has 1 aromatic heterocycles. The van der Waals surface area contributed by atoms with E-state index in [0.717, 1.165) is 15.5 Å². The summed E-state index contributed by atoms with van der Waals surface area (Å²) in [7, 11) is 0. The maximum Gasteiger partial charge on any atom is 0.151 e. The van der Waals surface area contributed by atoms with E-state index < -0.39 is 0 Å². The van der Waals surface area contributed by atoms with Crippen LogP contribution in [0.1, 0.15) is 20.8 Å². The zero-order chi connectivity index (χ0) is 11.1. The van der Waals surface area contributed by atoms with Gasteiger partial charge in [0.2, 0.25) is 0 Å². The Morgan fingerprint density at radius 2 is 2.07 bits per heavy atom. The van der Waals surface area contributed by atoms with Crippen LogP contribution in [0.3, 0.4) is 0 Å². The van der Waals surface area contributed by atoms with Gasteiger partial charge in [-0.3, -0.25) is 0 Å². The topological polar surface area (TPSA) is 38.9 Å². The number of thiazole rings is 1. The number of nitrogen functional groups attached to an aromatic ring is 1. The highest BCUT2D eigenvalue weighted by molar-refractivity contribution is 8.02. The van der Waals surface area contributed by atoms with Gasteiger partial charge in [-0.25, -0.2) is 4.98 Å². The molecule has 0 saturated heterocycles. The van der Waals surface area contributed by atoms with Crippen molar-refractivity contribution in [1.29, 1.82) is 0 Å². The van der Waals surface area contributed by atoms with Gasteiger partial charge in [-0.15, -0.1) is 11.3 Å². The van der Waals surface area contributed by atoms with Gasteiger partial charge in [-0.1, -0.05) is 32.5 Å². The van der Waals surface area contributed by atoms with E-state index in [-0.39, 0.29) is 4.75 Å². The van der Waals surface area contributed by atoms with Crippen LogP contribution < -0.4 is 5.73 Å². The first-order chi connectivity index (χ1) is 6.94. The lowest BCUT2D eigenvalue weighted by atomic mass is 10.3. The van der Waals surface area contributed by atoms with Crippen molar-refractivity contribution < 1.29 is 0 Å². The molecular weight excluding hydrogens is 224 g/mol. The van der Waals surface area contributed by atoms with Crippen LogP contribution in [0.2, 0.25) is 0 Å². The highest BCUT2D eigenvalue weighted by atomic mass is 32.2. The molecule has 15 heavy (non-hydrogen) atoms. The van der Waals surface area contributed by atoms with Crippen LogP contribution in [0.5, 0.6) is 0 Å². The van der Waals surface area contributed by atoms with Gasteiger partial charge in [-0.05, 0) is 18.2 Å². The van der Waals surface area contributed by atoms with Crippen molar-refractivity contribution in [3.8, 4) is 0 Å². The van der Waals surface area contributed by atoms with E-state index in [0.29, 0.717) is 0 Å². The van der Waals surface area contributed by atoms with Crippen molar-refractivity contribution in [3.05, 3.63) is 18.2 Å². The second-order valence-corrected chi connectivity index (χ2v) is 7.53. The molecule has 0 saturated carbocycles. The number of aromatic nitrogens is 1. The van der Waals surface area contributed by atoms with Gasteiger partial charge in [-0.2, -0.15) is 0 Å². The largest absolute Gasteiger partial charge is 0.399 e. The Bertz CT molecular complexity index is 483. The van der Waals surface area contributed by atoms with E-state index in [4.69, 9.17) is 5.73 Å². The molecule has 0 aliphatic carbocycles. The van der Waals surface area contributed by atoms with Gasteiger partial charge in [0.15, 0.2) is 4.34 Å². The Kier molecular flexibility index (Phi) is 2.64. The normalized spacial score (nSPS) is 12.2. The molecule has 80 valence electrons. The van der Waals surface area contributed by atoms with E-state index in [2.05, 4.69) is 25.8 Å². The molecular formula is C11H14N2S2. The fourth-order valence-electron chi connectivity index (χ4n) is 1.23. The summed E-state index contributed by atoms with van der Waals surface area (Å²) >= 11 is 3.51. The Morgan fingerprint density at radius 1 is 1.33 bits per heavy atom. The van der Waals surface area contributed by atoms with Crippen molar-refractivity contribution in [2.75, 3.05) is 5.73 Å². The Morgan fingerprint density at radius 3 is 2.73 bits per heavy atom. The standard InChI is InChI=1S/C11H14N2S2/c1-11(2,3)15-10-13-8-5-4-7(12)6-9(8)14-10/h4-6H,12H2,1-3H3. The third kappa shape index (κ3) is 2.63. The highest BCUT2D eigenvalue weighted by Crippen LogP contribution is 2.37. The molecule has 1 aromatic carbocycles. The van der Waals surface area contributed by atoms with Crippen molar-refractivity contribution in [1.82, 2.24) is 4.98 Å². The summed E-state index contributed by atoms with van der Waals surface area (Å²) in [5.41, 5.74) is 7.58. The molecule has 0 atom stereocenters. The maximum absolute atomic E-state index is 5.73. The minimum Gasteiger partial charge on any atom is -0.399 e. The first kappa shape index (κ1) is 10.8. The minimum atomic E-state index is 0.208. The van der Waals surface area contributed by atoms with Crippen molar-refractivity contribution >= 4 is 39.0 Å². The van der Waals surface area contributed by atoms with E-state index in [1.165, 1.54) is 4.70 Å². The molecule has 0 fully saturated rings. The van der Waals surface area contributed by atoms with Crippen molar-refractivity contribution in [3.63, 3.8) is 0 Å². The second kappa shape index (κ2) is 3.68. The van der Waals surface area contributed by atoms with Gasteiger partial charge in [0, 0.05) is 10.4 Å². The number of nitrogens with two attached hydrogens (primary N) is 1. The molecule has 0 amide bonds. The lowest BCUT2D eigenvalue weighted by molar-refractivity contribution is 0.802. The van der Waals surface area contributed by atoms with Crippen LogP contribution in [0.15, 0.2) is 22.5 Å². The predicted molar refractivity (Wildman–Crippen MR) is 69.6 cm³/mol. The van der Waals surface area contributed by atoms with Gasteiger partial charge in [0.1, 0.15) is 0 Å². The summed E-state index contributed by atoms with van der Waals surface area (Å²) in [6.07, 6.45) is 0. The third-order valence-electron chi connectivity index (χ3n) is 1.79. The Labute approximate surface area is 97.9 Å². The predicted octanol–water partition coefficient (Wildman–Crippen LogP) is 3.77. The fraction of sp³-hybridized carbons (Fsp3) is 0.364. The number of fused-ring (bicyclic) bond motifs is 1. The summed E-state index contributed by atoms with van der Waals surface area (Å²) in [4.78, 5) is 4.57. The van der Waals surface area contributed by atoms with Gasteiger partial charge < -0.3 is 5.73 Å². The average Bonchev–Trinajstić information content (AvgIpc) is 2.42. The van der Waals surface area contributed by atoms with E-state index in [9.17, 15) is 0 Å². The quantitative estimate of drug-likeness (QED) is 0.607. The van der Waals surface area contributed by atoms with E-state index in [1.807, 2.05) is 18.2 Å².